The first-order chi connectivity index (χ1) is 14.8. The fraction of sp³-hybridized carbons (Fsp3) is 0.310. The Morgan fingerprint density at radius 3 is 2.00 bits per heavy atom. The molecule has 3 rings (SSSR count). The third-order valence-electron chi connectivity index (χ3n) is 5.69. The highest BCUT2D eigenvalue weighted by molar-refractivity contribution is 5.78. The SMILES string of the molecule is CCCCCCCCCc1c(C=Cc2ccccc2)ccc(-c2ccccc2)c1O. The lowest BCUT2D eigenvalue weighted by Crippen LogP contribution is -1.94. The molecule has 1 N–H and O–H groups in total. The van der Waals surface area contributed by atoms with Gasteiger partial charge in [0.1, 0.15) is 5.75 Å². The number of unbranched alkanes of at least 4 members (excludes halogenated alkanes) is 6. The van der Waals surface area contributed by atoms with Gasteiger partial charge in [-0.15, -0.1) is 0 Å². The van der Waals surface area contributed by atoms with E-state index in [-0.39, 0.29) is 0 Å². The minimum atomic E-state index is 0.433. The second-order valence-corrected chi connectivity index (χ2v) is 8.01. The van der Waals surface area contributed by atoms with E-state index in [2.05, 4.69) is 61.5 Å². The van der Waals surface area contributed by atoms with Gasteiger partial charge in [-0.25, -0.2) is 0 Å². The zero-order valence-electron chi connectivity index (χ0n) is 18.2. The molecule has 0 saturated carbocycles. The molecule has 0 unspecified atom stereocenters. The second-order valence-electron chi connectivity index (χ2n) is 8.01. The van der Waals surface area contributed by atoms with Crippen molar-refractivity contribution in [3.05, 3.63) is 89.5 Å². The van der Waals surface area contributed by atoms with E-state index in [1.165, 1.54) is 44.1 Å². The van der Waals surface area contributed by atoms with Gasteiger partial charge in [-0.1, -0.05) is 130 Å². The van der Waals surface area contributed by atoms with Gasteiger partial charge in [0.15, 0.2) is 0 Å². The lowest BCUT2D eigenvalue weighted by molar-refractivity contribution is 0.467. The van der Waals surface area contributed by atoms with Gasteiger partial charge in [0, 0.05) is 11.1 Å². The Morgan fingerprint density at radius 1 is 0.667 bits per heavy atom. The minimum Gasteiger partial charge on any atom is -0.507 e. The highest BCUT2D eigenvalue weighted by atomic mass is 16.3. The number of phenols is 1. The summed E-state index contributed by atoms with van der Waals surface area (Å²) in [6, 6.07) is 24.7. The van der Waals surface area contributed by atoms with Crippen molar-refractivity contribution in [3.63, 3.8) is 0 Å². The first kappa shape index (κ1) is 21.9. The van der Waals surface area contributed by atoms with Gasteiger partial charge in [0.05, 0.1) is 0 Å². The van der Waals surface area contributed by atoms with E-state index in [1.54, 1.807) is 0 Å². The summed E-state index contributed by atoms with van der Waals surface area (Å²) in [6.07, 6.45) is 14.1. The van der Waals surface area contributed by atoms with Gasteiger partial charge in [-0.3, -0.25) is 0 Å². The first-order valence-corrected chi connectivity index (χ1v) is 11.4. The van der Waals surface area contributed by atoms with E-state index in [0.717, 1.165) is 35.1 Å². The minimum absolute atomic E-state index is 0.433. The summed E-state index contributed by atoms with van der Waals surface area (Å²) in [4.78, 5) is 0. The van der Waals surface area contributed by atoms with Crippen LogP contribution >= 0.6 is 0 Å². The molecular formula is C29H34O. The van der Waals surface area contributed by atoms with Crippen LogP contribution in [0.5, 0.6) is 5.75 Å². The average Bonchev–Trinajstić information content (AvgIpc) is 2.79. The fourth-order valence-electron chi connectivity index (χ4n) is 3.93. The van der Waals surface area contributed by atoms with Crippen LogP contribution in [0.1, 0.15) is 68.6 Å². The van der Waals surface area contributed by atoms with Gasteiger partial charge >= 0.3 is 0 Å². The van der Waals surface area contributed by atoms with Crippen molar-refractivity contribution in [2.45, 2.75) is 58.3 Å². The Bertz CT molecular complexity index is 910. The Kier molecular flexibility index (Phi) is 8.78. The van der Waals surface area contributed by atoms with Crippen molar-refractivity contribution >= 4 is 12.2 Å². The average molecular weight is 399 g/mol. The highest BCUT2D eigenvalue weighted by Crippen LogP contribution is 2.36. The van der Waals surface area contributed by atoms with Crippen LogP contribution in [0.2, 0.25) is 0 Å². The molecule has 3 aromatic rings. The largest absolute Gasteiger partial charge is 0.507 e. The highest BCUT2D eigenvalue weighted by Gasteiger charge is 2.12. The van der Waals surface area contributed by atoms with Gasteiger partial charge in [0.2, 0.25) is 0 Å². The molecule has 0 bridgehead atoms. The molecule has 0 aromatic heterocycles. The molecular weight excluding hydrogens is 364 g/mol. The molecule has 1 nitrogen and oxygen atoms in total. The summed E-state index contributed by atoms with van der Waals surface area (Å²) in [7, 11) is 0. The third kappa shape index (κ3) is 6.35. The Morgan fingerprint density at radius 2 is 1.30 bits per heavy atom. The van der Waals surface area contributed by atoms with Crippen LogP contribution in [0.3, 0.4) is 0 Å². The number of benzene rings is 3. The molecule has 0 heterocycles. The summed E-state index contributed by atoms with van der Waals surface area (Å²) in [5, 5.41) is 11.2. The van der Waals surface area contributed by atoms with Crippen LogP contribution in [0, 0.1) is 0 Å². The molecule has 0 saturated heterocycles. The predicted octanol–water partition coefficient (Wildman–Crippen LogP) is 8.52. The molecule has 1 heteroatoms. The van der Waals surface area contributed by atoms with E-state index < -0.39 is 0 Å². The predicted molar refractivity (Wildman–Crippen MR) is 131 cm³/mol. The summed E-state index contributed by atoms with van der Waals surface area (Å²) in [5.74, 6) is 0.433. The van der Waals surface area contributed by atoms with Crippen molar-refractivity contribution in [1.82, 2.24) is 0 Å². The third-order valence-corrected chi connectivity index (χ3v) is 5.69. The maximum Gasteiger partial charge on any atom is 0.127 e. The molecule has 0 aliphatic heterocycles. The number of hydrogen-bond donors (Lipinski definition) is 1. The number of hydrogen-bond acceptors (Lipinski definition) is 1. The van der Waals surface area contributed by atoms with Crippen LogP contribution in [-0.2, 0) is 6.42 Å². The zero-order valence-corrected chi connectivity index (χ0v) is 18.2. The van der Waals surface area contributed by atoms with Crippen molar-refractivity contribution in [2.24, 2.45) is 0 Å². The molecule has 0 aliphatic carbocycles. The maximum absolute atomic E-state index is 11.2. The normalized spacial score (nSPS) is 11.2. The number of aromatic hydroxyl groups is 1. The van der Waals surface area contributed by atoms with E-state index in [0.29, 0.717) is 5.75 Å². The fourth-order valence-corrected chi connectivity index (χ4v) is 3.93. The van der Waals surface area contributed by atoms with Crippen LogP contribution in [0.15, 0.2) is 72.8 Å². The van der Waals surface area contributed by atoms with Crippen LogP contribution in [0.25, 0.3) is 23.3 Å². The van der Waals surface area contributed by atoms with E-state index in [9.17, 15) is 5.11 Å². The van der Waals surface area contributed by atoms with Crippen molar-refractivity contribution < 1.29 is 5.11 Å². The standard InChI is InChI=1S/C29H34O/c1-2-3-4-5-6-7-14-19-27-26(21-20-24-15-10-8-11-16-24)22-23-28(29(27)30)25-17-12-9-13-18-25/h8-13,15-18,20-23,30H,2-7,14,19H2,1H3. The summed E-state index contributed by atoms with van der Waals surface area (Å²) in [6.45, 7) is 2.26. The smallest absolute Gasteiger partial charge is 0.127 e. The molecule has 156 valence electrons. The molecule has 0 fully saturated rings. The van der Waals surface area contributed by atoms with E-state index >= 15 is 0 Å². The first-order valence-electron chi connectivity index (χ1n) is 11.4. The van der Waals surface area contributed by atoms with Gasteiger partial charge in [-0.05, 0) is 29.5 Å². The lowest BCUT2D eigenvalue weighted by Gasteiger charge is -2.14. The van der Waals surface area contributed by atoms with Gasteiger partial charge < -0.3 is 5.11 Å². The van der Waals surface area contributed by atoms with Gasteiger partial charge in [0.25, 0.3) is 0 Å². The van der Waals surface area contributed by atoms with Crippen molar-refractivity contribution in [1.29, 1.82) is 0 Å². The Hall–Kier alpha value is -2.80. The number of rotatable bonds is 11. The van der Waals surface area contributed by atoms with Crippen LogP contribution in [0.4, 0.5) is 0 Å². The van der Waals surface area contributed by atoms with E-state index in [1.807, 2.05) is 30.3 Å². The van der Waals surface area contributed by atoms with Crippen molar-refractivity contribution in [2.75, 3.05) is 0 Å². The summed E-state index contributed by atoms with van der Waals surface area (Å²) < 4.78 is 0. The zero-order chi connectivity index (χ0) is 21.0. The lowest BCUT2D eigenvalue weighted by atomic mass is 9.93. The second kappa shape index (κ2) is 12.0. The Balaban J connectivity index is 1.78. The van der Waals surface area contributed by atoms with E-state index in [4.69, 9.17) is 0 Å². The molecule has 0 aliphatic rings. The molecule has 0 spiro atoms. The number of phenolic OH excluding ortho intramolecular Hbond substituents is 1. The topological polar surface area (TPSA) is 20.2 Å². The maximum atomic E-state index is 11.2. The van der Waals surface area contributed by atoms with Crippen LogP contribution < -0.4 is 0 Å². The molecule has 0 radical (unpaired) electrons. The molecule has 30 heavy (non-hydrogen) atoms. The molecule has 3 aromatic carbocycles. The molecule has 0 amide bonds. The van der Waals surface area contributed by atoms with Crippen molar-refractivity contribution in [3.8, 4) is 16.9 Å². The monoisotopic (exact) mass is 398 g/mol. The van der Waals surface area contributed by atoms with Gasteiger partial charge in [-0.2, -0.15) is 0 Å². The summed E-state index contributed by atoms with van der Waals surface area (Å²) >= 11 is 0. The molecule has 0 atom stereocenters. The quantitative estimate of drug-likeness (QED) is 0.253. The summed E-state index contributed by atoms with van der Waals surface area (Å²) in [5.41, 5.74) is 5.34. The Labute approximate surface area is 182 Å². The van der Waals surface area contributed by atoms with Crippen LogP contribution in [-0.4, -0.2) is 5.11 Å².